The van der Waals surface area contributed by atoms with Gasteiger partial charge in [-0.15, -0.1) is 0 Å². The van der Waals surface area contributed by atoms with Gasteiger partial charge in [0.15, 0.2) is 0 Å². The van der Waals surface area contributed by atoms with Crippen molar-refractivity contribution < 1.29 is 24.8 Å². The highest BCUT2D eigenvalue weighted by Crippen LogP contribution is 2.45. The first kappa shape index (κ1) is 22.9. The van der Waals surface area contributed by atoms with Gasteiger partial charge in [0.05, 0.1) is 12.7 Å². The van der Waals surface area contributed by atoms with E-state index >= 15 is 0 Å². The van der Waals surface area contributed by atoms with Gasteiger partial charge in [0.1, 0.15) is 35.4 Å². The van der Waals surface area contributed by atoms with Gasteiger partial charge in [-0.3, -0.25) is 0 Å². The molecule has 0 amide bonds. The molecular weight excluding hydrogens is 392 g/mol. The van der Waals surface area contributed by atoms with Crippen LogP contribution in [0.1, 0.15) is 62.8 Å². The lowest BCUT2D eigenvalue weighted by molar-refractivity contribution is 0.348. The Morgan fingerprint density at radius 1 is 0.935 bits per heavy atom. The molecule has 0 saturated heterocycles. The van der Waals surface area contributed by atoms with Gasteiger partial charge in [-0.2, -0.15) is 0 Å². The third-order valence-corrected chi connectivity index (χ3v) is 5.81. The van der Waals surface area contributed by atoms with Crippen molar-refractivity contribution in [3.8, 4) is 28.7 Å². The van der Waals surface area contributed by atoms with Crippen molar-refractivity contribution in [3.05, 3.63) is 40.5 Å². The second-order valence-corrected chi connectivity index (χ2v) is 9.10. The predicted molar refractivity (Wildman–Crippen MR) is 124 cm³/mol. The van der Waals surface area contributed by atoms with E-state index in [4.69, 9.17) is 9.47 Å². The third-order valence-electron chi connectivity index (χ3n) is 5.81. The van der Waals surface area contributed by atoms with Crippen LogP contribution in [0.2, 0.25) is 0 Å². The highest BCUT2D eigenvalue weighted by Gasteiger charge is 2.25. The van der Waals surface area contributed by atoms with E-state index in [9.17, 15) is 15.3 Å². The van der Waals surface area contributed by atoms with Crippen LogP contribution in [0.25, 0.3) is 11.6 Å². The fraction of sp³-hybridized carbons (Fsp3) is 0.462. The summed E-state index contributed by atoms with van der Waals surface area (Å²) in [7, 11) is 1.60. The molecule has 31 heavy (non-hydrogen) atoms. The Bertz CT molecular complexity index is 972. The summed E-state index contributed by atoms with van der Waals surface area (Å²) < 4.78 is 11.6. The van der Waals surface area contributed by atoms with Gasteiger partial charge in [0.2, 0.25) is 0 Å². The topological polar surface area (TPSA) is 79.2 Å². The van der Waals surface area contributed by atoms with E-state index in [0.717, 1.165) is 29.5 Å². The molecule has 168 valence electrons. The van der Waals surface area contributed by atoms with E-state index in [0.29, 0.717) is 47.3 Å². The Hall–Kier alpha value is -2.82. The van der Waals surface area contributed by atoms with E-state index in [1.807, 2.05) is 6.08 Å². The zero-order valence-corrected chi connectivity index (χ0v) is 19.2. The molecule has 0 unspecified atom stereocenters. The van der Waals surface area contributed by atoms with Gasteiger partial charge in [0.25, 0.3) is 0 Å². The van der Waals surface area contributed by atoms with Gasteiger partial charge >= 0.3 is 0 Å². The van der Waals surface area contributed by atoms with E-state index in [1.54, 1.807) is 25.3 Å². The lowest BCUT2D eigenvalue weighted by Crippen LogP contribution is -2.10. The Morgan fingerprint density at radius 2 is 1.58 bits per heavy atom. The van der Waals surface area contributed by atoms with Gasteiger partial charge < -0.3 is 24.8 Å². The SMILES string of the molecule is COc1c2c(cc(O)c1CCC(C)C)OCC(c1ccc(O)c(CCC(C)C)c1O)=C2. The summed E-state index contributed by atoms with van der Waals surface area (Å²) in [6.07, 6.45) is 5.05. The first-order chi connectivity index (χ1) is 14.7. The number of phenolic OH excluding ortho intramolecular Hbond substituents is 3. The maximum absolute atomic E-state index is 10.9. The quantitative estimate of drug-likeness (QED) is 0.488. The molecule has 3 N–H and O–H groups in total. The van der Waals surface area contributed by atoms with Crippen molar-refractivity contribution >= 4 is 11.6 Å². The summed E-state index contributed by atoms with van der Waals surface area (Å²) in [6.45, 7) is 8.78. The second kappa shape index (κ2) is 9.54. The Morgan fingerprint density at radius 3 is 2.19 bits per heavy atom. The standard InChI is InChI=1S/C26H34O5/c1-15(2)6-8-19-22(27)11-10-18(25(19)29)17-12-21-24(31-14-17)13-23(28)20(26(21)30-5)9-7-16(3)4/h10-13,15-16,27-29H,6-9,14H2,1-5H3. The molecule has 2 aromatic carbocycles. The number of benzene rings is 2. The molecule has 0 atom stereocenters. The molecule has 1 heterocycles. The molecular formula is C26H34O5. The smallest absolute Gasteiger partial charge is 0.136 e. The highest BCUT2D eigenvalue weighted by molar-refractivity contribution is 5.90. The monoisotopic (exact) mass is 426 g/mol. The molecule has 3 rings (SSSR count). The molecule has 1 aliphatic rings. The molecule has 0 spiro atoms. The van der Waals surface area contributed by atoms with E-state index < -0.39 is 0 Å². The van der Waals surface area contributed by atoms with Crippen LogP contribution in [-0.2, 0) is 12.8 Å². The van der Waals surface area contributed by atoms with Crippen molar-refractivity contribution in [2.45, 2.75) is 53.4 Å². The Labute approximate surface area is 185 Å². The maximum Gasteiger partial charge on any atom is 0.136 e. The minimum atomic E-state index is 0.0942. The molecule has 0 aromatic heterocycles. The Balaban J connectivity index is 2.05. The summed E-state index contributed by atoms with van der Waals surface area (Å²) in [6, 6.07) is 4.99. The average molecular weight is 427 g/mol. The van der Waals surface area contributed by atoms with Crippen LogP contribution in [-0.4, -0.2) is 29.0 Å². The first-order valence-electron chi connectivity index (χ1n) is 11.0. The number of fused-ring (bicyclic) bond motifs is 1. The summed E-state index contributed by atoms with van der Waals surface area (Å²) >= 11 is 0. The zero-order chi connectivity index (χ0) is 22.7. The number of hydrogen-bond donors (Lipinski definition) is 3. The van der Waals surface area contributed by atoms with Crippen molar-refractivity contribution in [3.63, 3.8) is 0 Å². The number of rotatable bonds is 8. The minimum Gasteiger partial charge on any atom is -0.508 e. The normalized spacial score (nSPS) is 13.2. The van der Waals surface area contributed by atoms with Crippen LogP contribution in [0.3, 0.4) is 0 Å². The molecule has 0 aliphatic carbocycles. The fourth-order valence-corrected chi connectivity index (χ4v) is 3.93. The molecule has 5 nitrogen and oxygen atoms in total. The minimum absolute atomic E-state index is 0.0942. The molecule has 0 radical (unpaired) electrons. The van der Waals surface area contributed by atoms with Crippen LogP contribution >= 0.6 is 0 Å². The van der Waals surface area contributed by atoms with Crippen LogP contribution in [0, 0.1) is 11.8 Å². The fourth-order valence-electron chi connectivity index (χ4n) is 3.93. The molecule has 0 saturated carbocycles. The van der Waals surface area contributed by atoms with Crippen molar-refractivity contribution in [1.82, 2.24) is 0 Å². The van der Waals surface area contributed by atoms with E-state index in [-0.39, 0.29) is 23.9 Å². The van der Waals surface area contributed by atoms with Gasteiger partial charge in [0, 0.05) is 28.3 Å². The predicted octanol–water partition coefficient (Wildman–Crippen LogP) is 5.92. The molecule has 0 fully saturated rings. The summed E-state index contributed by atoms with van der Waals surface area (Å²) in [5, 5.41) is 31.7. The van der Waals surface area contributed by atoms with E-state index in [1.165, 1.54) is 0 Å². The highest BCUT2D eigenvalue weighted by atomic mass is 16.5. The van der Waals surface area contributed by atoms with Gasteiger partial charge in [-0.1, -0.05) is 27.7 Å². The zero-order valence-electron chi connectivity index (χ0n) is 19.2. The van der Waals surface area contributed by atoms with Crippen molar-refractivity contribution in [1.29, 1.82) is 0 Å². The van der Waals surface area contributed by atoms with Crippen molar-refractivity contribution in [2.75, 3.05) is 13.7 Å². The Kier molecular flexibility index (Phi) is 7.04. The molecule has 0 bridgehead atoms. The average Bonchev–Trinajstić information content (AvgIpc) is 2.71. The van der Waals surface area contributed by atoms with E-state index in [2.05, 4.69) is 27.7 Å². The number of hydrogen-bond acceptors (Lipinski definition) is 5. The second-order valence-electron chi connectivity index (χ2n) is 9.10. The number of aromatic hydroxyl groups is 3. The summed E-state index contributed by atoms with van der Waals surface area (Å²) in [4.78, 5) is 0. The van der Waals surface area contributed by atoms with Crippen LogP contribution in [0.4, 0.5) is 0 Å². The lowest BCUT2D eigenvalue weighted by atomic mass is 9.92. The summed E-state index contributed by atoms with van der Waals surface area (Å²) in [5.41, 5.74) is 3.53. The number of methoxy groups -OCH3 is 1. The lowest BCUT2D eigenvalue weighted by Gasteiger charge is -2.24. The van der Waals surface area contributed by atoms with Gasteiger partial charge in [-0.05, 0) is 55.7 Å². The van der Waals surface area contributed by atoms with Gasteiger partial charge in [-0.25, -0.2) is 0 Å². The molecule has 2 aromatic rings. The third kappa shape index (κ3) is 4.92. The number of ether oxygens (including phenoxy) is 2. The number of phenols is 3. The van der Waals surface area contributed by atoms with Crippen molar-refractivity contribution in [2.24, 2.45) is 11.8 Å². The molecule has 5 heteroatoms. The first-order valence-corrected chi connectivity index (χ1v) is 11.0. The molecule has 1 aliphatic heterocycles. The van der Waals surface area contributed by atoms with Crippen LogP contribution in [0.15, 0.2) is 18.2 Å². The van der Waals surface area contributed by atoms with Crippen LogP contribution in [0.5, 0.6) is 28.7 Å². The summed E-state index contributed by atoms with van der Waals surface area (Å²) in [5.74, 6) is 2.51. The maximum atomic E-state index is 10.9. The van der Waals surface area contributed by atoms with Crippen LogP contribution < -0.4 is 9.47 Å². The largest absolute Gasteiger partial charge is 0.508 e.